The Balaban J connectivity index is 1.32. The van der Waals surface area contributed by atoms with Crippen molar-refractivity contribution >= 4 is 17.6 Å². The van der Waals surface area contributed by atoms with Crippen LogP contribution in [0, 0.1) is 5.92 Å². The number of amides is 2. The lowest BCUT2D eigenvalue weighted by molar-refractivity contribution is -0.138. The zero-order valence-electron chi connectivity index (χ0n) is 17.8. The molecule has 1 aliphatic heterocycles. The van der Waals surface area contributed by atoms with Crippen LogP contribution < -0.4 is 5.32 Å². The Kier molecular flexibility index (Phi) is 6.21. The highest BCUT2D eigenvalue weighted by atomic mass is 16.2. The molecule has 1 aromatic carbocycles. The van der Waals surface area contributed by atoms with Gasteiger partial charge in [0.05, 0.1) is 5.41 Å². The van der Waals surface area contributed by atoms with Crippen molar-refractivity contribution in [3.8, 4) is 0 Å². The third-order valence-electron chi connectivity index (χ3n) is 6.80. The summed E-state index contributed by atoms with van der Waals surface area (Å²) >= 11 is 0. The zero-order valence-corrected chi connectivity index (χ0v) is 17.8. The van der Waals surface area contributed by atoms with Gasteiger partial charge in [0, 0.05) is 38.3 Å². The van der Waals surface area contributed by atoms with Crippen LogP contribution in [0.4, 0.5) is 5.82 Å². The number of aromatic nitrogens is 2. The third kappa shape index (κ3) is 4.27. The lowest BCUT2D eigenvalue weighted by atomic mass is 9.77. The predicted molar refractivity (Wildman–Crippen MR) is 117 cm³/mol. The molecule has 1 saturated carbocycles. The average Bonchev–Trinajstić information content (AvgIpc) is 3.45. The number of likely N-dealkylation sites (tertiary alicyclic amines) is 1. The van der Waals surface area contributed by atoms with Crippen LogP contribution in [0.3, 0.4) is 0 Å². The van der Waals surface area contributed by atoms with Gasteiger partial charge in [0.25, 0.3) is 0 Å². The molecule has 0 atom stereocenters. The topological polar surface area (TPSA) is 67.2 Å². The normalized spacial score (nSPS) is 19.0. The van der Waals surface area contributed by atoms with E-state index in [1.165, 1.54) is 5.56 Å². The number of rotatable bonds is 6. The number of hydrogen-bond acceptors (Lipinski definition) is 3. The highest BCUT2D eigenvalue weighted by Crippen LogP contribution is 2.43. The van der Waals surface area contributed by atoms with Gasteiger partial charge in [0.1, 0.15) is 0 Å². The molecule has 0 bridgehead atoms. The van der Waals surface area contributed by atoms with Gasteiger partial charge in [-0.15, -0.1) is 0 Å². The second-order valence-corrected chi connectivity index (χ2v) is 8.70. The Morgan fingerprint density at radius 3 is 2.43 bits per heavy atom. The summed E-state index contributed by atoms with van der Waals surface area (Å²) in [5.41, 5.74) is 0.823. The molecular weight excluding hydrogens is 376 g/mol. The summed E-state index contributed by atoms with van der Waals surface area (Å²) in [6.07, 6.45) is 8.25. The summed E-state index contributed by atoms with van der Waals surface area (Å²) in [6.45, 7) is 4.29. The molecule has 30 heavy (non-hydrogen) atoms. The van der Waals surface area contributed by atoms with Gasteiger partial charge in [0.2, 0.25) is 11.8 Å². The van der Waals surface area contributed by atoms with E-state index < -0.39 is 0 Å². The minimum absolute atomic E-state index is 0.0117. The van der Waals surface area contributed by atoms with E-state index in [0.717, 1.165) is 58.2 Å². The fraction of sp³-hybridized carbons (Fsp3) is 0.542. The minimum atomic E-state index is -0.344. The summed E-state index contributed by atoms with van der Waals surface area (Å²) in [6, 6.07) is 12.1. The number of carbonyl (C=O) groups excluding carboxylic acids is 2. The molecule has 160 valence electrons. The largest absolute Gasteiger partial charge is 0.342 e. The highest BCUT2D eigenvalue weighted by molar-refractivity contribution is 5.90. The Morgan fingerprint density at radius 2 is 1.80 bits per heavy atom. The van der Waals surface area contributed by atoms with Crippen LogP contribution in [-0.2, 0) is 21.5 Å². The molecule has 1 N–H and O–H groups in total. The first kappa shape index (κ1) is 20.6. The molecule has 2 aromatic rings. The van der Waals surface area contributed by atoms with E-state index in [9.17, 15) is 9.59 Å². The minimum Gasteiger partial charge on any atom is -0.342 e. The summed E-state index contributed by atoms with van der Waals surface area (Å²) < 4.78 is 1.80. The second kappa shape index (κ2) is 9.02. The van der Waals surface area contributed by atoms with Crippen LogP contribution in [0.5, 0.6) is 0 Å². The van der Waals surface area contributed by atoms with E-state index in [1.54, 1.807) is 4.68 Å². The molecule has 1 aromatic heterocycles. The smallest absolute Gasteiger partial charge is 0.233 e. The van der Waals surface area contributed by atoms with Crippen LogP contribution in [0.25, 0.3) is 0 Å². The van der Waals surface area contributed by atoms with Crippen molar-refractivity contribution in [2.45, 2.75) is 63.8 Å². The van der Waals surface area contributed by atoms with Gasteiger partial charge in [-0.2, -0.15) is 5.10 Å². The summed E-state index contributed by atoms with van der Waals surface area (Å²) in [5.74, 6) is 1.23. The van der Waals surface area contributed by atoms with Crippen molar-refractivity contribution in [1.29, 1.82) is 0 Å². The fourth-order valence-electron chi connectivity index (χ4n) is 5.07. The average molecular weight is 409 g/mol. The van der Waals surface area contributed by atoms with E-state index in [-0.39, 0.29) is 11.3 Å². The summed E-state index contributed by atoms with van der Waals surface area (Å²) in [5, 5.41) is 7.21. The van der Waals surface area contributed by atoms with E-state index in [4.69, 9.17) is 0 Å². The molecule has 0 spiro atoms. The van der Waals surface area contributed by atoms with Crippen LogP contribution in [-0.4, -0.2) is 39.6 Å². The number of nitrogens with zero attached hydrogens (tertiary/aromatic N) is 3. The van der Waals surface area contributed by atoms with Crippen molar-refractivity contribution < 1.29 is 9.59 Å². The standard InChI is InChI=1S/C24H32N4O2/c1-2-28-17-12-21(26-28)25-22(29)18-19-10-15-27(16-11-19)23(30)24(13-6-7-14-24)20-8-4-3-5-9-20/h3-5,8-9,12,17,19H,2,6-7,10-11,13-16,18H2,1H3,(H,25,26,29). The molecule has 2 amide bonds. The van der Waals surface area contributed by atoms with E-state index in [1.807, 2.05) is 37.4 Å². The van der Waals surface area contributed by atoms with E-state index in [2.05, 4.69) is 27.4 Å². The van der Waals surface area contributed by atoms with Gasteiger partial charge in [0.15, 0.2) is 5.82 Å². The first-order chi connectivity index (χ1) is 14.6. The number of nitrogens with one attached hydrogen (secondary N) is 1. The van der Waals surface area contributed by atoms with Crippen LogP contribution in [0.1, 0.15) is 57.4 Å². The zero-order chi connectivity index (χ0) is 21.0. The first-order valence-corrected chi connectivity index (χ1v) is 11.3. The molecule has 6 nitrogen and oxygen atoms in total. The Hall–Kier alpha value is -2.63. The van der Waals surface area contributed by atoms with Crippen molar-refractivity contribution in [3.05, 3.63) is 48.2 Å². The molecule has 2 fully saturated rings. The van der Waals surface area contributed by atoms with Crippen molar-refractivity contribution in [3.63, 3.8) is 0 Å². The molecule has 2 aliphatic rings. The third-order valence-corrected chi connectivity index (χ3v) is 6.80. The Morgan fingerprint density at radius 1 is 1.10 bits per heavy atom. The number of benzene rings is 1. The number of carbonyl (C=O) groups is 2. The van der Waals surface area contributed by atoms with Gasteiger partial charge < -0.3 is 10.2 Å². The number of hydrogen-bond donors (Lipinski definition) is 1. The van der Waals surface area contributed by atoms with Gasteiger partial charge in [-0.3, -0.25) is 14.3 Å². The SMILES string of the molecule is CCn1ccc(NC(=O)CC2CCN(C(=O)C3(c4ccccc4)CCCC3)CC2)n1. The van der Waals surface area contributed by atoms with Crippen molar-refractivity contribution in [2.24, 2.45) is 5.92 Å². The molecule has 0 radical (unpaired) electrons. The molecule has 4 rings (SSSR count). The number of aryl methyl sites for hydroxylation is 1. The molecule has 1 saturated heterocycles. The first-order valence-electron chi connectivity index (χ1n) is 11.3. The van der Waals surface area contributed by atoms with Crippen molar-refractivity contribution in [1.82, 2.24) is 14.7 Å². The summed E-state index contributed by atoms with van der Waals surface area (Å²) in [7, 11) is 0. The Bertz CT molecular complexity index is 862. The molecule has 0 unspecified atom stereocenters. The molecule has 2 heterocycles. The van der Waals surface area contributed by atoms with Gasteiger partial charge in [-0.25, -0.2) is 0 Å². The maximum Gasteiger partial charge on any atom is 0.233 e. The summed E-state index contributed by atoms with van der Waals surface area (Å²) in [4.78, 5) is 28.0. The lowest BCUT2D eigenvalue weighted by Gasteiger charge is -2.38. The van der Waals surface area contributed by atoms with Gasteiger partial charge in [-0.1, -0.05) is 43.2 Å². The van der Waals surface area contributed by atoms with Crippen LogP contribution in [0.15, 0.2) is 42.6 Å². The monoisotopic (exact) mass is 408 g/mol. The van der Waals surface area contributed by atoms with Crippen LogP contribution in [0.2, 0.25) is 0 Å². The van der Waals surface area contributed by atoms with Crippen LogP contribution >= 0.6 is 0 Å². The maximum atomic E-state index is 13.6. The molecular formula is C24H32N4O2. The molecule has 6 heteroatoms. The second-order valence-electron chi connectivity index (χ2n) is 8.70. The predicted octanol–water partition coefficient (Wildman–Crippen LogP) is 3.98. The quantitative estimate of drug-likeness (QED) is 0.786. The molecule has 1 aliphatic carbocycles. The highest BCUT2D eigenvalue weighted by Gasteiger charge is 2.45. The van der Waals surface area contributed by atoms with Gasteiger partial charge >= 0.3 is 0 Å². The van der Waals surface area contributed by atoms with Gasteiger partial charge in [-0.05, 0) is 44.1 Å². The number of piperidine rings is 1. The lowest BCUT2D eigenvalue weighted by Crippen LogP contribution is -2.48. The van der Waals surface area contributed by atoms with E-state index in [0.29, 0.717) is 24.1 Å². The fourth-order valence-corrected chi connectivity index (χ4v) is 5.07. The Labute approximate surface area is 178 Å². The number of anilines is 1. The van der Waals surface area contributed by atoms with Crippen molar-refractivity contribution in [2.75, 3.05) is 18.4 Å². The maximum absolute atomic E-state index is 13.6. The van der Waals surface area contributed by atoms with E-state index >= 15 is 0 Å².